The average Bonchev–Trinajstić information content (AvgIpc) is 2.99. The molecule has 9 nitrogen and oxygen atoms in total. The van der Waals surface area contributed by atoms with Gasteiger partial charge in [0.25, 0.3) is 17.4 Å². The molecule has 3 aromatic rings. The molecule has 30 heavy (non-hydrogen) atoms. The van der Waals surface area contributed by atoms with Crippen molar-refractivity contribution in [3.63, 3.8) is 0 Å². The molecular formula is C21H17N5O4. The summed E-state index contributed by atoms with van der Waals surface area (Å²) in [6.45, 7) is 0.510. The van der Waals surface area contributed by atoms with E-state index in [4.69, 9.17) is 0 Å². The molecule has 1 aromatic heterocycles. The molecule has 2 aliphatic heterocycles. The Bertz CT molecular complexity index is 1260. The zero-order valence-corrected chi connectivity index (χ0v) is 15.8. The van der Waals surface area contributed by atoms with E-state index in [1.807, 2.05) is 24.3 Å². The summed E-state index contributed by atoms with van der Waals surface area (Å²) in [5.74, 6) is -0.672. The third kappa shape index (κ3) is 2.74. The third-order valence-electron chi connectivity index (χ3n) is 5.61. The Hall–Kier alpha value is -4.01. The first-order chi connectivity index (χ1) is 14.5. The maximum atomic E-state index is 12.9. The second-order valence-electron chi connectivity index (χ2n) is 7.25. The van der Waals surface area contributed by atoms with E-state index in [2.05, 4.69) is 15.2 Å². The molecule has 2 aliphatic rings. The summed E-state index contributed by atoms with van der Waals surface area (Å²) in [5, 5.41) is 6.19. The van der Waals surface area contributed by atoms with E-state index in [0.29, 0.717) is 24.1 Å². The number of H-pyrrole nitrogens is 2. The Balaban J connectivity index is 1.58. The fourth-order valence-corrected chi connectivity index (χ4v) is 4.22. The Morgan fingerprint density at radius 2 is 1.60 bits per heavy atom. The molecule has 0 aliphatic carbocycles. The number of carbonyl (C=O) groups is 2. The molecule has 2 amide bonds. The van der Waals surface area contributed by atoms with Gasteiger partial charge in [-0.15, -0.1) is 5.10 Å². The molecule has 0 fully saturated rings. The molecule has 2 N–H and O–H groups in total. The standard InChI is InChI=1S/C21H17N5O4/c27-18-17(23-24-21(30)22-18)25-10-9-12-5-1-2-6-13(12)16(25)11-26-19(28)14-7-3-4-8-15(14)20(26)29/h1-8,16H,9-11H2,(H2,22,24,27,30). The van der Waals surface area contributed by atoms with E-state index >= 15 is 0 Å². The second kappa shape index (κ2) is 6.80. The number of imide groups is 1. The van der Waals surface area contributed by atoms with Crippen LogP contribution in [0.5, 0.6) is 0 Å². The number of benzene rings is 2. The maximum Gasteiger partial charge on any atom is 0.342 e. The van der Waals surface area contributed by atoms with E-state index in [1.54, 1.807) is 29.2 Å². The summed E-state index contributed by atoms with van der Waals surface area (Å²) in [6, 6.07) is 14.0. The molecule has 0 bridgehead atoms. The Morgan fingerprint density at radius 1 is 0.933 bits per heavy atom. The zero-order chi connectivity index (χ0) is 20.8. The van der Waals surface area contributed by atoms with E-state index in [1.165, 1.54) is 4.90 Å². The highest BCUT2D eigenvalue weighted by molar-refractivity contribution is 6.21. The highest BCUT2D eigenvalue weighted by Crippen LogP contribution is 2.34. The van der Waals surface area contributed by atoms with Gasteiger partial charge in [-0.1, -0.05) is 36.4 Å². The van der Waals surface area contributed by atoms with Crippen molar-refractivity contribution in [3.05, 3.63) is 91.6 Å². The average molecular weight is 403 g/mol. The van der Waals surface area contributed by atoms with Crippen LogP contribution < -0.4 is 16.1 Å². The summed E-state index contributed by atoms with van der Waals surface area (Å²) in [7, 11) is 0. The molecule has 0 saturated carbocycles. The van der Waals surface area contributed by atoms with Gasteiger partial charge in [-0.2, -0.15) is 0 Å². The van der Waals surface area contributed by atoms with Crippen molar-refractivity contribution in [2.24, 2.45) is 0 Å². The molecule has 1 atom stereocenters. The number of rotatable bonds is 3. The number of amides is 2. The molecule has 3 heterocycles. The van der Waals surface area contributed by atoms with Crippen molar-refractivity contribution in [1.29, 1.82) is 0 Å². The number of anilines is 1. The smallest absolute Gasteiger partial charge is 0.341 e. The highest BCUT2D eigenvalue weighted by Gasteiger charge is 2.40. The topological polar surface area (TPSA) is 119 Å². The molecule has 0 saturated heterocycles. The lowest BCUT2D eigenvalue weighted by Crippen LogP contribution is -2.46. The van der Waals surface area contributed by atoms with E-state index in [-0.39, 0.29) is 24.2 Å². The number of nitrogens with zero attached hydrogens (tertiary/aromatic N) is 3. The van der Waals surface area contributed by atoms with Crippen LogP contribution >= 0.6 is 0 Å². The van der Waals surface area contributed by atoms with Crippen molar-refractivity contribution >= 4 is 17.6 Å². The first-order valence-electron chi connectivity index (χ1n) is 9.53. The maximum absolute atomic E-state index is 12.9. The van der Waals surface area contributed by atoms with Gasteiger partial charge >= 0.3 is 5.69 Å². The number of fused-ring (bicyclic) bond motifs is 2. The fourth-order valence-electron chi connectivity index (χ4n) is 4.22. The fraction of sp³-hybridized carbons (Fsp3) is 0.190. The minimum Gasteiger partial charge on any atom is -0.341 e. The summed E-state index contributed by atoms with van der Waals surface area (Å²) >= 11 is 0. The number of hydrogen-bond acceptors (Lipinski definition) is 6. The number of nitrogens with one attached hydrogen (secondary N) is 2. The van der Waals surface area contributed by atoms with Crippen molar-refractivity contribution in [3.8, 4) is 0 Å². The normalized spacial score (nSPS) is 17.8. The highest BCUT2D eigenvalue weighted by atomic mass is 16.2. The van der Waals surface area contributed by atoms with Gasteiger partial charge in [0.1, 0.15) is 0 Å². The molecule has 0 radical (unpaired) electrons. The van der Waals surface area contributed by atoms with Gasteiger partial charge in [0.2, 0.25) is 5.82 Å². The van der Waals surface area contributed by atoms with Gasteiger partial charge in [-0.25, -0.2) is 9.89 Å². The molecule has 0 spiro atoms. The van der Waals surface area contributed by atoms with Crippen LogP contribution in [0.3, 0.4) is 0 Å². The monoisotopic (exact) mass is 403 g/mol. The first-order valence-corrected chi connectivity index (χ1v) is 9.53. The van der Waals surface area contributed by atoms with Crippen LogP contribution in [0.25, 0.3) is 0 Å². The molecule has 9 heteroatoms. The number of carbonyl (C=O) groups excluding carboxylic acids is 2. The number of hydrogen-bond donors (Lipinski definition) is 2. The lowest BCUT2D eigenvalue weighted by Gasteiger charge is -2.38. The van der Waals surface area contributed by atoms with Crippen molar-refractivity contribution in [2.45, 2.75) is 12.5 Å². The summed E-state index contributed by atoms with van der Waals surface area (Å²) in [4.78, 5) is 54.8. The van der Waals surface area contributed by atoms with E-state index in [9.17, 15) is 19.2 Å². The summed E-state index contributed by atoms with van der Waals surface area (Å²) in [5.41, 5.74) is 1.42. The van der Waals surface area contributed by atoms with Crippen molar-refractivity contribution in [1.82, 2.24) is 20.1 Å². The molecule has 150 valence electrons. The van der Waals surface area contributed by atoms with Crippen LogP contribution in [0.4, 0.5) is 5.82 Å². The predicted molar refractivity (Wildman–Crippen MR) is 108 cm³/mol. The van der Waals surface area contributed by atoms with Crippen molar-refractivity contribution < 1.29 is 9.59 Å². The Kier molecular flexibility index (Phi) is 4.09. The van der Waals surface area contributed by atoms with Crippen LogP contribution in [-0.4, -0.2) is 45.0 Å². The second-order valence-corrected chi connectivity index (χ2v) is 7.25. The summed E-state index contributed by atoms with van der Waals surface area (Å²) in [6.07, 6.45) is 0.662. The number of aromatic nitrogens is 3. The zero-order valence-electron chi connectivity index (χ0n) is 15.8. The predicted octanol–water partition coefficient (Wildman–Crippen LogP) is 0.858. The molecule has 1 unspecified atom stereocenters. The quantitative estimate of drug-likeness (QED) is 0.626. The van der Waals surface area contributed by atoms with Crippen LogP contribution in [0, 0.1) is 0 Å². The van der Waals surface area contributed by atoms with Crippen LogP contribution in [0.15, 0.2) is 58.1 Å². The third-order valence-corrected chi connectivity index (χ3v) is 5.61. The van der Waals surface area contributed by atoms with E-state index in [0.717, 1.165) is 11.1 Å². The minimum atomic E-state index is -0.696. The van der Waals surface area contributed by atoms with Gasteiger partial charge in [0.15, 0.2) is 0 Å². The molecule has 5 rings (SSSR count). The van der Waals surface area contributed by atoms with Gasteiger partial charge in [-0.05, 0) is 29.7 Å². The first kappa shape index (κ1) is 18.0. The van der Waals surface area contributed by atoms with Crippen LogP contribution in [0.2, 0.25) is 0 Å². The van der Waals surface area contributed by atoms with Gasteiger partial charge in [0, 0.05) is 6.54 Å². The molecule has 2 aromatic carbocycles. The van der Waals surface area contributed by atoms with Gasteiger partial charge < -0.3 is 4.90 Å². The Labute approximate surface area is 170 Å². The van der Waals surface area contributed by atoms with Crippen LogP contribution in [-0.2, 0) is 6.42 Å². The minimum absolute atomic E-state index is 0.0470. The lowest BCUT2D eigenvalue weighted by molar-refractivity contribution is 0.0642. The number of aromatic amines is 2. The van der Waals surface area contributed by atoms with Crippen LogP contribution in [0.1, 0.15) is 37.9 Å². The van der Waals surface area contributed by atoms with Crippen molar-refractivity contribution in [2.75, 3.05) is 18.0 Å². The molecular weight excluding hydrogens is 386 g/mol. The SMILES string of the molecule is O=C1c2ccccc2C(=O)N1CC1c2ccccc2CCN1c1n[nH]c(=O)[nH]c1=O. The van der Waals surface area contributed by atoms with E-state index < -0.39 is 17.3 Å². The van der Waals surface area contributed by atoms with Gasteiger partial charge in [-0.3, -0.25) is 24.3 Å². The summed E-state index contributed by atoms with van der Waals surface area (Å²) < 4.78 is 0. The van der Waals surface area contributed by atoms with Gasteiger partial charge in [0.05, 0.1) is 23.7 Å². The largest absolute Gasteiger partial charge is 0.342 e. The lowest BCUT2D eigenvalue weighted by atomic mass is 9.92. The Morgan fingerprint density at radius 3 is 2.30 bits per heavy atom.